The first-order chi connectivity index (χ1) is 10.5. The Labute approximate surface area is 129 Å². The number of sulfonamides is 1. The van der Waals surface area contributed by atoms with Gasteiger partial charge in [-0.05, 0) is 44.8 Å². The number of nitro benzene ring substituents is 1. The topological polar surface area (TPSA) is 92.5 Å². The summed E-state index contributed by atoms with van der Waals surface area (Å²) >= 11 is 0. The van der Waals surface area contributed by atoms with Crippen molar-refractivity contribution in [1.82, 2.24) is 9.62 Å². The minimum Gasteiger partial charge on any atom is -0.300 e. The molecule has 0 amide bonds. The number of hydrogen-bond donors (Lipinski definition) is 1. The lowest BCUT2D eigenvalue weighted by molar-refractivity contribution is -0.387. The number of hydrogen-bond acceptors (Lipinski definition) is 5. The average Bonchev–Trinajstić information content (AvgIpc) is 3.32. The van der Waals surface area contributed by atoms with Gasteiger partial charge in [-0.1, -0.05) is 12.1 Å². The third-order valence-corrected chi connectivity index (χ3v) is 5.83. The number of nitrogens with one attached hydrogen (secondary N) is 1. The third-order valence-electron chi connectivity index (χ3n) is 4.27. The van der Waals surface area contributed by atoms with E-state index in [0.29, 0.717) is 6.04 Å². The van der Waals surface area contributed by atoms with Crippen molar-refractivity contribution < 1.29 is 13.3 Å². The van der Waals surface area contributed by atoms with E-state index in [1.165, 1.54) is 37.1 Å². The van der Waals surface area contributed by atoms with Crippen LogP contribution in [0.4, 0.5) is 5.69 Å². The van der Waals surface area contributed by atoms with Crippen LogP contribution in [0.1, 0.15) is 25.7 Å². The first-order valence-electron chi connectivity index (χ1n) is 7.47. The highest BCUT2D eigenvalue weighted by molar-refractivity contribution is 7.89. The fraction of sp³-hybridized carbons (Fsp3) is 0.571. The Bertz CT molecular complexity index is 664. The van der Waals surface area contributed by atoms with Crippen molar-refractivity contribution in [2.75, 3.05) is 13.1 Å². The molecule has 22 heavy (non-hydrogen) atoms. The predicted octanol–water partition coefficient (Wildman–Crippen LogP) is 1.50. The fourth-order valence-electron chi connectivity index (χ4n) is 2.94. The Kier molecular flexibility index (Phi) is 4.16. The van der Waals surface area contributed by atoms with E-state index in [1.54, 1.807) is 0 Å². The molecule has 1 saturated heterocycles. The standard InChI is InChI=1S/C14H19N3O4S/c18-17(19)13-3-1-2-4-14(13)22(20,21)15-11-7-9-16(10-8-11)12-5-6-12/h1-4,11-12,15H,5-10H2. The van der Waals surface area contributed by atoms with Crippen molar-refractivity contribution in [3.05, 3.63) is 34.4 Å². The van der Waals surface area contributed by atoms with Crippen molar-refractivity contribution in [1.29, 1.82) is 0 Å². The van der Waals surface area contributed by atoms with Gasteiger partial charge in [-0.2, -0.15) is 0 Å². The summed E-state index contributed by atoms with van der Waals surface area (Å²) in [6.45, 7) is 1.77. The highest BCUT2D eigenvalue weighted by atomic mass is 32.2. The van der Waals surface area contributed by atoms with Crippen LogP contribution >= 0.6 is 0 Å². The molecule has 8 heteroatoms. The van der Waals surface area contributed by atoms with Gasteiger partial charge in [0.05, 0.1) is 4.92 Å². The van der Waals surface area contributed by atoms with Gasteiger partial charge in [0.2, 0.25) is 10.0 Å². The van der Waals surface area contributed by atoms with E-state index in [1.807, 2.05) is 0 Å². The van der Waals surface area contributed by atoms with Crippen molar-refractivity contribution in [2.24, 2.45) is 0 Å². The maximum atomic E-state index is 12.4. The van der Waals surface area contributed by atoms with Crippen molar-refractivity contribution in [3.63, 3.8) is 0 Å². The molecule has 1 aliphatic heterocycles. The fourth-order valence-corrected chi connectivity index (χ4v) is 4.42. The van der Waals surface area contributed by atoms with Crippen LogP contribution in [0, 0.1) is 10.1 Å². The second-order valence-electron chi connectivity index (χ2n) is 5.89. The molecule has 1 saturated carbocycles. The molecular weight excluding hydrogens is 306 g/mol. The molecule has 2 fully saturated rings. The van der Waals surface area contributed by atoms with Crippen LogP contribution in [-0.4, -0.2) is 43.4 Å². The second-order valence-corrected chi connectivity index (χ2v) is 7.57. The molecular formula is C14H19N3O4S. The lowest BCUT2D eigenvalue weighted by Gasteiger charge is -2.32. The smallest absolute Gasteiger partial charge is 0.289 e. The van der Waals surface area contributed by atoms with Crippen molar-refractivity contribution >= 4 is 15.7 Å². The number of likely N-dealkylation sites (tertiary alicyclic amines) is 1. The summed E-state index contributed by atoms with van der Waals surface area (Å²) in [5.74, 6) is 0. The Balaban J connectivity index is 1.70. The van der Waals surface area contributed by atoms with Gasteiger partial charge in [0, 0.05) is 18.2 Å². The van der Waals surface area contributed by atoms with Gasteiger partial charge in [-0.25, -0.2) is 13.1 Å². The molecule has 3 rings (SSSR count). The molecule has 120 valence electrons. The molecule has 1 N–H and O–H groups in total. The SMILES string of the molecule is O=[N+]([O-])c1ccccc1S(=O)(=O)NC1CCN(C2CC2)CC1. The van der Waals surface area contributed by atoms with Gasteiger partial charge in [-0.15, -0.1) is 0 Å². The number of benzene rings is 1. The molecule has 0 aromatic heterocycles. The van der Waals surface area contributed by atoms with Crippen molar-refractivity contribution in [2.45, 2.75) is 42.7 Å². The second kappa shape index (κ2) is 5.94. The Morgan fingerprint density at radius 3 is 2.36 bits per heavy atom. The zero-order chi connectivity index (χ0) is 15.7. The quantitative estimate of drug-likeness (QED) is 0.654. The van der Waals surface area contributed by atoms with Gasteiger partial charge in [0.1, 0.15) is 0 Å². The molecule has 0 bridgehead atoms. The van der Waals surface area contributed by atoms with E-state index in [-0.39, 0.29) is 16.6 Å². The van der Waals surface area contributed by atoms with Crippen LogP contribution in [0.15, 0.2) is 29.2 Å². The number of rotatable bonds is 5. The van der Waals surface area contributed by atoms with Crippen LogP contribution in [-0.2, 0) is 10.0 Å². The maximum Gasteiger partial charge on any atom is 0.289 e. The lowest BCUT2D eigenvalue weighted by Crippen LogP contribution is -2.45. The molecule has 1 aromatic carbocycles. The summed E-state index contributed by atoms with van der Waals surface area (Å²) < 4.78 is 27.5. The number of piperidine rings is 1. The van der Waals surface area contributed by atoms with E-state index in [0.717, 1.165) is 25.9 Å². The number of nitrogens with zero attached hydrogens (tertiary/aromatic N) is 2. The maximum absolute atomic E-state index is 12.4. The largest absolute Gasteiger partial charge is 0.300 e. The van der Waals surface area contributed by atoms with Gasteiger partial charge in [0.15, 0.2) is 4.90 Å². The van der Waals surface area contributed by atoms with E-state index < -0.39 is 14.9 Å². The summed E-state index contributed by atoms with van der Waals surface area (Å²) in [6.07, 6.45) is 3.98. The zero-order valence-electron chi connectivity index (χ0n) is 12.1. The molecule has 1 aliphatic carbocycles. The van der Waals surface area contributed by atoms with E-state index in [4.69, 9.17) is 0 Å². The first kappa shape index (κ1) is 15.4. The van der Waals surface area contributed by atoms with Crippen LogP contribution in [0.5, 0.6) is 0 Å². The summed E-state index contributed by atoms with van der Waals surface area (Å²) in [5.41, 5.74) is -0.384. The predicted molar refractivity (Wildman–Crippen MR) is 81.0 cm³/mol. The van der Waals surface area contributed by atoms with Gasteiger partial charge in [0.25, 0.3) is 5.69 Å². The van der Waals surface area contributed by atoms with Crippen LogP contribution in [0.3, 0.4) is 0 Å². The van der Waals surface area contributed by atoms with Gasteiger partial charge < -0.3 is 4.90 Å². The molecule has 0 atom stereocenters. The summed E-state index contributed by atoms with van der Waals surface area (Å²) in [6, 6.07) is 5.99. The summed E-state index contributed by atoms with van der Waals surface area (Å²) in [5, 5.41) is 11.0. The Morgan fingerprint density at radius 1 is 1.14 bits per heavy atom. The van der Waals surface area contributed by atoms with Crippen LogP contribution in [0.2, 0.25) is 0 Å². The average molecular weight is 325 g/mol. The van der Waals surface area contributed by atoms with E-state index >= 15 is 0 Å². The minimum atomic E-state index is -3.87. The molecule has 0 radical (unpaired) electrons. The summed E-state index contributed by atoms with van der Waals surface area (Å²) in [4.78, 5) is 12.5. The molecule has 1 aromatic rings. The van der Waals surface area contributed by atoms with E-state index in [9.17, 15) is 18.5 Å². The van der Waals surface area contributed by atoms with Crippen LogP contribution < -0.4 is 4.72 Å². The normalized spacial score (nSPS) is 20.9. The number of para-hydroxylation sites is 1. The minimum absolute atomic E-state index is 0.153. The molecule has 2 aliphatic rings. The first-order valence-corrected chi connectivity index (χ1v) is 8.95. The molecule has 0 spiro atoms. The zero-order valence-corrected chi connectivity index (χ0v) is 13.0. The monoisotopic (exact) mass is 325 g/mol. The lowest BCUT2D eigenvalue weighted by atomic mass is 10.1. The summed E-state index contributed by atoms with van der Waals surface area (Å²) in [7, 11) is -3.87. The van der Waals surface area contributed by atoms with Crippen molar-refractivity contribution in [3.8, 4) is 0 Å². The van der Waals surface area contributed by atoms with Gasteiger partial charge in [-0.3, -0.25) is 10.1 Å². The molecule has 1 heterocycles. The molecule has 0 unspecified atom stereocenters. The Morgan fingerprint density at radius 2 is 1.77 bits per heavy atom. The van der Waals surface area contributed by atoms with E-state index in [2.05, 4.69) is 9.62 Å². The Hall–Kier alpha value is -1.51. The van der Waals surface area contributed by atoms with Gasteiger partial charge >= 0.3 is 0 Å². The van der Waals surface area contributed by atoms with Crippen LogP contribution in [0.25, 0.3) is 0 Å². The number of nitro groups is 1. The highest BCUT2D eigenvalue weighted by Crippen LogP contribution is 2.30. The third kappa shape index (κ3) is 3.29. The molecule has 7 nitrogen and oxygen atoms in total. The highest BCUT2D eigenvalue weighted by Gasteiger charge is 2.34.